The Balaban J connectivity index is 2.08. The summed E-state index contributed by atoms with van der Waals surface area (Å²) in [5, 5.41) is 9.41. The number of carboxylic acid groups (broad SMARTS) is 1. The second kappa shape index (κ2) is 5.81. The third-order valence-electron chi connectivity index (χ3n) is 3.61. The molecule has 0 amide bonds. The number of aromatic amines is 1. The third kappa shape index (κ3) is 2.68. The van der Waals surface area contributed by atoms with Crippen LogP contribution in [0.15, 0.2) is 34.1 Å². The fourth-order valence-corrected chi connectivity index (χ4v) is 3.47. The zero-order chi connectivity index (χ0) is 16.6. The molecule has 0 saturated heterocycles. The molecule has 0 spiro atoms. The van der Waals surface area contributed by atoms with Crippen molar-refractivity contribution in [2.24, 2.45) is 0 Å². The van der Waals surface area contributed by atoms with Crippen molar-refractivity contribution in [3.63, 3.8) is 0 Å². The Kier molecular flexibility index (Phi) is 3.83. The van der Waals surface area contributed by atoms with Gasteiger partial charge in [0.25, 0.3) is 5.56 Å². The van der Waals surface area contributed by atoms with Crippen LogP contribution in [0.2, 0.25) is 0 Å². The molecule has 3 heterocycles. The predicted octanol–water partition coefficient (Wildman–Crippen LogP) is 1.40. The fourth-order valence-electron chi connectivity index (χ4n) is 2.44. The highest BCUT2D eigenvalue weighted by Crippen LogP contribution is 2.25. The van der Waals surface area contributed by atoms with Crippen molar-refractivity contribution in [3.8, 4) is 0 Å². The molecule has 3 aromatic heterocycles. The topological polar surface area (TPSA) is 105 Å². The van der Waals surface area contributed by atoms with E-state index in [-0.39, 0.29) is 16.8 Å². The number of thiophene rings is 1. The molecule has 3 rings (SSSR count). The Hall–Kier alpha value is -2.74. The molecule has 0 aliphatic rings. The Labute approximate surface area is 133 Å². The minimum absolute atomic E-state index is 0.0674. The van der Waals surface area contributed by atoms with Crippen molar-refractivity contribution < 1.29 is 9.90 Å². The van der Waals surface area contributed by atoms with Gasteiger partial charge in [-0.3, -0.25) is 19.3 Å². The first-order valence-corrected chi connectivity index (χ1v) is 7.69. The van der Waals surface area contributed by atoms with Crippen molar-refractivity contribution in [1.29, 1.82) is 0 Å². The van der Waals surface area contributed by atoms with Gasteiger partial charge in [0.15, 0.2) is 0 Å². The molecular weight excluding hydrogens is 318 g/mol. The number of aromatic nitrogens is 3. The van der Waals surface area contributed by atoms with Crippen LogP contribution in [-0.2, 0) is 13.0 Å². The number of hydrogen-bond acceptors (Lipinski definition) is 5. The molecule has 0 aromatic carbocycles. The van der Waals surface area contributed by atoms with E-state index in [1.165, 1.54) is 0 Å². The highest BCUT2D eigenvalue weighted by molar-refractivity contribution is 7.20. The SMILES string of the molecule is Cc1c(C(=O)O)sc2[nH]c(=O)n(CCc3cccnc3)c(=O)c12. The third-order valence-corrected chi connectivity index (χ3v) is 4.81. The van der Waals surface area contributed by atoms with Crippen LogP contribution in [0.3, 0.4) is 0 Å². The lowest BCUT2D eigenvalue weighted by Crippen LogP contribution is -2.35. The van der Waals surface area contributed by atoms with Gasteiger partial charge in [0.05, 0.1) is 5.39 Å². The zero-order valence-electron chi connectivity index (χ0n) is 12.2. The van der Waals surface area contributed by atoms with Gasteiger partial charge in [-0.15, -0.1) is 11.3 Å². The number of pyridine rings is 1. The maximum absolute atomic E-state index is 12.6. The molecule has 7 nitrogen and oxygen atoms in total. The minimum atomic E-state index is -1.11. The number of carbonyl (C=O) groups is 1. The quantitative estimate of drug-likeness (QED) is 0.752. The standard InChI is InChI=1S/C15H13N3O4S/c1-8-10-12(23-11(8)14(20)21)17-15(22)18(13(10)19)6-4-9-3-2-5-16-7-9/h2-3,5,7H,4,6H2,1H3,(H,17,22)(H,20,21). The molecule has 0 radical (unpaired) electrons. The summed E-state index contributed by atoms with van der Waals surface area (Å²) in [7, 11) is 0. The van der Waals surface area contributed by atoms with Crippen LogP contribution in [-0.4, -0.2) is 25.6 Å². The van der Waals surface area contributed by atoms with Crippen LogP contribution in [0, 0.1) is 6.92 Å². The number of nitrogens with zero attached hydrogens (tertiary/aromatic N) is 2. The lowest BCUT2D eigenvalue weighted by atomic mass is 10.2. The highest BCUT2D eigenvalue weighted by atomic mass is 32.1. The molecular formula is C15H13N3O4S. The summed E-state index contributed by atoms with van der Waals surface area (Å²) in [6.45, 7) is 1.78. The molecule has 0 aliphatic heterocycles. The van der Waals surface area contributed by atoms with Crippen molar-refractivity contribution in [2.45, 2.75) is 19.9 Å². The molecule has 0 aliphatic carbocycles. The predicted molar refractivity (Wildman–Crippen MR) is 86.3 cm³/mol. The van der Waals surface area contributed by atoms with Crippen LogP contribution in [0.4, 0.5) is 0 Å². The van der Waals surface area contributed by atoms with Crippen molar-refractivity contribution in [1.82, 2.24) is 14.5 Å². The number of nitrogens with one attached hydrogen (secondary N) is 1. The summed E-state index contributed by atoms with van der Waals surface area (Å²) >= 11 is 0.905. The molecule has 0 unspecified atom stereocenters. The minimum Gasteiger partial charge on any atom is -0.477 e. The maximum atomic E-state index is 12.6. The number of carboxylic acids is 1. The van der Waals surface area contributed by atoms with Gasteiger partial charge in [0.2, 0.25) is 0 Å². The van der Waals surface area contributed by atoms with Crippen LogP contribution < -0.4 is 11.2 Å². The molecule has 0 saturated carbocycles. The van der Waals surface area contributed by atoms with Gasteiger partial charge in [0, 0.05) is 18.9 Å². The average Bonchev–Trinajstić information content (AvgIpc) is 2.85. The van der Waals surface area contributed by atoms with Crippen LogP contribution in [0.1, 0.15) is 20.8 Å². The molecule has 118 valence electrons. The van der Waals surface area contributed by atoms with Gasteiger partial charge in [0.1, 0.15) is 9.71 Å². The number of fused-ring (bicyclic) bond motifs is 1. The van der Waals surface area contributed by atoms with E-state index in [0.29, 0.717) is 16.8 Å². The first-order chi connectivity index (χ1) is 11.0. The van der Waals surface area contributed by atoms with Gasteiger partial charge < -0.3 is 5.11 Å². The van der Waals surface area contributed by atoms with E-state index in [2.05, 4.69) is 9.97 Å². The highest BCUT2D eigenvalue weighted by Gasteiger charge is 2.19. The molecule has 0 atom stereocenters. The summed E-state index contributed by atoms with van der Waals surface area (Å²) in [6, 6.07) is 3.65. The zero-order valence-corrected chi connectivity index (χ0v) is 13.0. The van der Waals surface area contributed by atoms with Gasteiger partial charge in [-0.1, -0.05) is 6.07 Å². The molecule has 2 N–H and O–H groups in total. The largest absolute Gasteiger partial charge is 0.477 e. The van der Waals surface area contributed by atoms with Crippen molar-refractivity contribution >= 4 is 27.5 Å². The van der Waals surface area contributed by atoms with Gasteiger partial charge >= 0.3 is 11.7 Å². The molecule has 0 bridgehead atoms. The molecule has 8 heteroatoms. The Morgan fingerprint density at radius 1 is 1.43 bits per heavy atom. The van der Waals surface area contributed by atoms with E-state index < -0.39 is 17.2 Å². The molecule has 3 aromatic rings. The van der Waals surface area contributed by atoms with E-state index in [9.17, 15) is 14.4 Å². The number of hydrogen-bond donors (Lipinski definition) is 2. The first kappa shape index (κ1) is 15.2. The Morgan fingerprint density at radius 3 is 2.87 bits per heavy atom. The van der Waals surface area contributed by atoms with E-state index in [1.54, 1.807) is 25.4 Å². The van der Waals surface area contributed by atoms with Crippen molar-refractivity contribution in [2.75, 3.05) is 0 Å². The molecule has 0 fully saturated rings. The van der Waals surface area contributed by atoms with E-state index >= 15 is 0 Å². The first-order valence-electron chi connectivity index (χ1n) is 6.87. The second-order valence-corrected chi connectivity index (χ2v) is 6.08. The number of aryl methyl sites for hydroxylation is 2. The maximum Gasteiger partial charge on any atom is 0.346 e. The van der Waals surface area contributed by atoms with E-state index in [0.717, 1.165) is 21.5 Å². The van der Waals surface area contributed by atoms with Gasteiger partial charge in [-0.2, -0.15) is 0 Å². The summed E-state index contributed by atoms with van der Waals surface area (Å²) in [5.41, 5.74) is 0.291. The van der Waals surface area contributed by atoms with Crippen LogP contribution >= 0.6 is 11.3 Å². The van der Waals surface area contributed by atoms with E-state index in [4.69, 9.17) is 5.11 Å². The second-order valence-electron chi connectivity index (χ2n) is 5.06. The van der Waals surface area contributed by atoms with Crippen LogP contribution in [0.5, 0.6) is 0 Å². The van der Waals surface area contributed by atoms with E-state index in [1.807, 2.05) is 6.07 Å². The Bertz CT molecular complexity index is 1000. The lowest BCUT2D eigenvalue weighted by Gasteiger charge is -2.05. The normalized spacial score (nSPS) is 11.0. The average molecular weight is 331 g/mol. The number of H-pyrrole nitrogens is 1. The van der Waals surface area contributed by atoms with Crippen molar-refractivity contribution in [3.05, 3.63) is 61.4 Å². The number of rotatable bonds is 4. The number of aromatic carboxylic acids is 1. The summed E-state index contributed by atoms with van der Waals surface area (Å²) in [5.74, 6) is -1.11. The summed E-state index contributed by atoms with van der Waals surface area (Å²) in [6.07, 6.45) is 3.81. The monoisotopic (exact) mass is 331 g/mol. The smallest absolute Gasteiger partial charge is 0.346 e. The fraction of sp³-hybridized carbons (Fsp3) is 0.200. The van der Waals surface area contributed by atoms with Gasteiger partial charge in [-0.05, 0) is 30.5 Å². The van der Waals surface area contributed by atoms with Gasteiger partial charge in [-0.25, -0.2) is 9.59 Å². The Morgan fingerprint density at radius 2 is 2.22 bits per heavy atom. The van der Waals surface area contributed by atoms with Crippen LogP contribution in [0.25, 0.3) is 10.2 Å². The lowest BCUT2D eigenvalue weighted by molar-refractivity contribution is 0.0701. The summed E-state index contributed by atoms with van der Waals surface area (Å²) in [4.78, 5) is 42.8. The summed E-state index contributed by atoms with van der Waals surface area (Å²) < 4.78 is 1.10. The molecule has 23 heavy (non-hydrogen) atoms.